The summed E-state index contributed by atoms with van der Waals surface area (Å²) in [5, 5.41) is 11.6. The van der Waals surface area contributed by atoms with E-state index in [0.29, 0.717) is 16.5 Å². The van der Waals surface area contributed by atoms with Crippen molar-refractivity contribution >= 4 is 23.3 Å². The molecule has 0 atom stereocenters. The van der Waals surface area contributed by atoms with Crippen LogP contribution < -0.4 is 16.0 Å². The van der Waals surface area contributed by atoms with Crippen molar-refractivity contribution in [3.8, 4) is 11.6 Å². The van der Waals surface area contributed by atoms with Gasteiger partial charge in [0.25, 0.3) is 0 Å². The Morgan fingerprint density at radius 3 is 2.81 bits per heavy atom. The molecule has 0 saturated heterocycles. The molecular weight excluding hydrogens is 294 g/mol. The Morgan fingerprint density at radius 1 is 1.43 bits per heavy atom. The molecule has 0 radical (unpaired) electrons. The van der Waals surface area contributed by atoms with E-state index in [9.17, 15) is 10.1 Å². The number of nitrogens with one attached hydrogen (secondary N) is 1. The van der Waals surface area contributed by atoms with E-state index >= 15 is 0 Å². The van der Waals surface area contributed by atoms with E-state index in [2.05, 4.69) is 15.4 Å². The first kappa shape index (κ1) is 15.0. The molecule has 3 N–H and O–H groups in total. The van der Waals surface area contributed by atoms with Gasteiger partial charge in [0.1, 0.15) is 5.82 Å². The van der Waals surface area contributed by atoms with Gasteiger partial charge in [0.05, 0.1) is 4.92 Å². The van der Waals surface area contributed by atoms with Crippen molar-refractivity contribution in [2.45, 2.75) is 12.1 Å². The third kappa shape index (κ3) is 3.38. The number of nitro benzene ring substituents is 1. The van der Waals surface area contributed by atoms with Crippen LogP contribution in [0.3, 0.4) is 0 Å². The third-order valence-electron chi connectivity index (χ3n) is 2.61. The lowest BCUT2D eigenvalue weighted by Crippen LogP contribution is -2.09. The monoisotopic (exact) mass is 307 g/mol. The number of nitro groups is 1. The fourth-order valence-corrected chi connectivity index (χ4v) is 2.05. The number of nitrogen functional groups attached to an aromatic ring is 1. The first-order chi connectivity index (χ1) is 10.0. The highest BCUT2D eigenvalue weighted by atomic mass is 32.2. The number of nitrogens with zero attached hydrogens (tertiary/aromatic N) is 3. The molecule has 0 aliphatic rings. The van der Waals surface area contributed by atoms with Gasteiger partial charge in [0, 0.05) is 11.6 Å². The van der Waals surface area contributed by atoms with Gasteiger partial charge in [0.15, 0.2) is 5.16 Å². The van der Waals surface area contributed by atoms with E-state index in [-0.39, 0.29) is 17.3 Å². The van der Waals surface area contributed by atoms with Crippen LogP contribution >= 0.6 is 11.8 Å². The molecule has 0 spiro atoms. The Kier molecular flexibility index (Phi) is 4.55. The van der Waals surface area contributed by atoms with E-state index < -0.39 is 4.92 Å². The van der Waals surface area contributed by atoms with Crippen molar-refractivity contribution in [3.63, 3.8) is 0 Å². The lowest BCUT2D eigenvalue weighted by molar-refractivity contribution is -0.386. The van der Waals surface area contributed by atoms with Crippen LogP contribution in [0.25, 0.3) is 0 Å². The molecule has 8 nitrogen and oxygen atoms in total. The predicted molar refractivity (Wildman–Crippen MR) is 79.5 cm³/mol. The summed E-state index contributed by atoms with van der Waals surface area (Å²) in [6.45, 7) is 1.64. The predicted octanol–water partition coefficient (Wildman–Crippen LogP) is 2.49. The quantitative estimate of drug-likeness (QED) is 0.284. The number of aromatic nitrogens is 2. The summed E-state index contributed by atoms with van der Waals surface area (Å²) in [4.78, 5) is 18.9. The van der Waals surface area contributed by atoms with Gasteiger partial charge in [-0.25, -0.2) is 10.8 Å². The number of hydrogen-bond acceptors (Lipinski definition) is 8. The lowest BCUT2D eigenvalue weighted by Gasteiger charge is -2.09. The number of nitrogens with two attached hydrogens (primary N) is 1. The molecule has 0 aliphatic carbocycles. The van der Waals surface area contributed by atoms with Gasteiger partial charge in [-0.1, -0.05) is 23.9 Å². The number of ether oxygens (including phenoxy) is 1. The zero-order chi connectivity index (χ0) is 15.4. The highest BCUT2D eigenvalue weighted by Crippen LogP contribution is 2.34. The Labute approximate surface area is 124 Å². The maximum absolute atomic E-state index is 11.1. The van der Waals surface area contributed by atoms with E-state index in [0.717, 1.165) is 0 Å². The lowest BCUT2D eigenvalue weighted by atomic mass is 10.2. The molecule has 2 aromatic rings. The van der Waals surface area contributed by atoms with E-state index in [1.807, 2.05) is 0 Å². The normalized spacial score (nSPS) is 10.2. The summed E-state index contributed by atoms with van der Waals surface area (Å²) < 4.78 is 5.53. The summed E-state index contributed by atoms with van der Waals surface area (Å²) in [5.74, 6) is 5.98. The molecule has 1 heterocycles. The summed E-state index contributed by atoms with van der Waals surface area (Å²) >= 11 is 1.31. The van der Waals surface area contributed by atoms with E-state index in [1.54, 1.807) is 25.3 Å². The summed E-state index contributed by atoms with van der Waals surface area (Å²) in [6, 6.07) is 6.30. The number of hydrazine groups is 1. The molecule has 0 aliphatic heterocycles. The molecule has 0 unspecified atom stereocenters. The van der Waals surface area contributed by atoms with Crippen molar-refractivity contribution < 1.29 is 9.66 Å². The molecule has 9 heteroatoms. The van der Waals surface area contributed by atoms with Crippen molar-refractivity contribution in [2.75, 3.05) is 11.7 Å². The third-order valence-corrected chi connectivity index (χ3v) is 3.16. The van der Waals surface area contributed by atoms with Crippen molar-refractivity contribution in [1.82, 2.24) is 9.97 Å². The van der Waals surface area contributed by atoms with Crippen LogP contribution in [0.15, 0.2) is 29.4 Å². The Morgan fingerprint density at radius 2 is 2.19 bits per heavy atom. The first-order valence-corrected chi connectivity index (χ1v) is 7.09. The van der Waals surface area contributed by atoms with Crippen molar-refractivity contribution in [2.24, 2.45) is 5.84 Å². The fraction of sp³-hybridized carbons (Fsp3) is 0.167. The zero-order valence-electron chi connectivity index (χ0n) is 11.4. The van der Waals surface area contributed by atoms with Crippen LogP contribution in [0.5, 0.6) is 11.6 Å². The van der Waals surface area contributed by atoms with Crippen LogP contribution in [0.4, 0.5) is 11.5 Å². The Hall–Kier alpha value is -2.39. The molecule has 21 heavy (non-hydrogen) atoms. The molecule has 1 aromatic carbocycles. The Balaban J connectivity index is 2.43. The maximum atomic E-state index is 11.1. The highest BCUT2D eigenvalue weighted by molar-refractivity contribution is 7.98. The Bertz CT molecular complexity index is 658. The molecular formula is C12H13N5O3S. The van der Waals surface area contributed by atoms with Crippen LogP contribution in [-0.4, -0.2) is 21.1 Å². The average molecular weight is 307 g/mol. The summed E-state index contributed by atoms with van der Waals surface area (Å²) in [5.41, 5.74) is 2.81. The van der Waals surface area contributed by atoms with Gasteiger partial charge in [0.2, 0.25) is 11.6 Å². The van der Waals surface area contributed by atoms with Crippen LogP contribution in [0.2, 0.25) is 0 Å². The molecule has 110 valence electrons. The number of anilines is 1. The van der Waals surface area contributed by atoms with E-state index in [1.165, 1.54) is 23.9 Å². The van der Waals surface area contributed by atoms with Gasteiger partial charge in [-0.15, -0.1) is 0 Å². The van der Waals surface area contributed by atoms with Gasteiger partial charge in [-0.05, 0) is 19.2 Å². The second-order valence-electron chi connectivity index (χ2n) is 4.00. The largest absolute Gasteiger partial charge is 0.432 e. The zero-order valence-corrected chi connectivity index (χ0v) is 12.2. The average Bonchev–Trinajstić information content (AvgIpc) is 2.46. The van der Waals surface area contributed by atoms with E-state index in [4.69, 9.17) is 10.6 Å². The molecule has 0 bridgehead atoms. The van der Waals surface area contributed by atoms with Gasteiger partial charge >= 0.3 is 5.69 Å². The van der Waals surface area contributed by atoms with Gasteiger partial charge in [-0.3, -0.25) is 10.1 Å². The second-order valence-corrected chi connectivity index (χ2v) is 4.78. The maximum Gasteiger partial charge on any atom is 0.314 e. The number of rotatable bonds is 5. The number of benzene rings is 1. The van der Waals surface area contributed by atoms with Crippen molar-refractivity contribution in [1.29, 1.82) is 0 Å². The molecule has 0 fully saturated rings. The smallest absolute Gasteiger partial charge is 0.314 e. The SMILES string of the molecule is CSc1nc(NN)cc(Oc2cccc(C)c2[N+](=O)[O-])n1. The standard InChI is InChI=1S/C12H13N5O3S/c1-7-4-3-5-8(11(7)17(18)19)20-10-6-9(16-13)14-12(15-10)21-2/h3-6H,13H2,1-2H3,(H,14,15,16). The van der Waals surface area contributed by atoms with Crippen molar-refractivity contribution in [3.05, 3.63) is 39.9 Å². The number of hydrogen-bond donors (Lipinski definition) is 2. The van der Waals surface area contributed by atoms with Gasteiger partial charge in [-0.2, -0.15) is 4.98 Å². The number of thioether (sulfide) groups is 1. The minimum absolute atomic E-state index is 0.0935. The topological polar surface area (TPSA) is 116 Å². The fourth-order valence-electron chi connectivity index (χ4n) is 1.68. The highest BCUT2D eigenvalue weighted by Gasteiger charge is 2.19. The molecule has 2 rings (SSSR count). The minimum atomic E-state index is -0.483. The minimum Gasteiger partial charge on any atom is -0.432 e. The van der Waals surface area contributed by atoms with Crippen LogP contribution in [0, 0.1) is 17.0 Å². The first-order valence-electron chi connectivity index (χ1n) is 5.86. The summed E-state index contributed by atoms with van der Waals surface area (Å²) in [6.07, 6.45) is 1.80. The number of para-hydroxylation sites is 1. The molecule has 0 saturated carbocycles. The molecule has 0 amide bonds. The number of aryl methyl sites for hydroxylation is 1. The molecule has 1 aromatic heterocycles. The van der Waals surface area contributed by atoms with Gasteiger partial charge < -0.3 is 10.2 Å². The summed E-state index contributed by atoms with van der Waals surface area (Å²) in [7, 11) is 0. The second kappa shape index (κ2) is 6.37. The van der Waals surface area contributed by atoms with Crippen LogP contribution in [0.1, 0.15) is 5.56 Å². The van der Waals surface area contributed by atoms with Crippen LogP contribution in [-0.2, 0) is 0 Å².